The average Bonchev–Trinajstić information content (AvgIpc) is 3.05. The lowest BCUT2D eigenvalue weighted by molar-refractivity contribution is 0.415. The topological polar surface area (TPSA) is 63.9 Å². The number of nitrogens with two attached hydrogens (primary N) is 1. The van der Waals surface area contributed by atoms with Gasteiger partial charge in [-0.1, -0.05) is 12.1 Å². The summed E-state index contributed by atoms with van der Waals surface area (Å²) in [5.41, 5.74) is 9.37. The summed E-state index contributed by atoms with van der Waals surface area (Å²) in [6, 6.07) is 16.1. The van der Waals surface area contributed by atoms with E-state index in [9.17, 15) is 4.39 Å². The van der Waals surface area contributed by atoms with Gasteiger partial charge in [-0.05, 0) is 48.0 Å². The Morgan fingerprint density at radius 2 is 1.96 bits per heavy atom. The molecule has 0 spiro atoms. The first-order valence-corrected chi connectivity index (χ1v) is 7.36. The van der Waals surface area contributed by atoms with Crippen molar-refractivity contribution in [2.45, 2.75) is 5.92 Å². The number of hydrogen-bond donors (Lipinski definition) is 2. The van der Waals surface area contributed by atoms with E-state index in [1.165, 1.54) is 12.1 Å². The molecule has 1 atom stereocenters. The molecule has 1 aromatic heterocycles. The number of aromatic nitrogens is 2. The number of ether oxygens (including phenoxy) is 1. The van der Waals surface area contributed by atoms with E-state index in [2.05, 4.69) is 10.2 Å². The van der Waals surface area contributed by atoms with Crippen LogP contribution in [0.1, 0.15) is 17.2 Å². The molecule has 3 aromatic rings. The molecule has 0 bridgehead atoms. The Hall–Kier alpha value is -2.66. The predicted octanol–water partition coefficient (Wildman–Crippen LogP) is 3.32. The van der Waals surface area contributed by atoms with Crippen LogP contribution in [0.15, 0.2) is 54.6 Å². The average molecular weight is 311 g/mol. The van der Waals surface area contributed by atoms with E-state index in [4.69, 9.17) is 10.5 Å². The summed E-state index contributed by atoms with van der Waals surface area (Å²) in [4.78, 5) is 0. The van der Waals surface area contributed by atoms with Crippen molar-refractivity contribution in [3.63, 3.8) is 0 Å². The van der Waals surface area contributed by atoms with Crippen molar-refractivity contribution in [1.29, 1.82) is 0 Å². The SMILES string of the molecule is COc1ccc(-c2cc(C(CN)c3cccc(F)c3)[nH]n2)cc1. The van der Waals surface area contributed by atoms with Crippen LogP contribution in [-0.4, -0.2) is 23.9 Å². The minimum Gasteiger partial charge on any atom is -0.497 e. The highest BCUT2D eigenvalue weighted by atomic mass is 19.1. The van der Waals surface area contributed by atoms with E-state index in [1.54, 1.807) is 13.2 Å². The molecule has 0 aliphatic carbocycles. The highest BCUT2D eigenvalue weighted by molar-refractivity contribution is 5.60. The first-order valence-electron chi connectivity index (χ1n) is 7.36. The van der Waals surface area contributed by atoms with Crippen molar-refractivity contribution in [3.05, 3.63) is 71.7 Å². The van der Waals surface area contributed by atoms with Crippen LogP contribution in [0.25, 0.3) is 11.3 Å². The molecule has 3 N–H and O–H groups in total. The molecule has 23 heavy (non-hydrogen) atoms. The number of aromatic amines is 1. The van der Waals surface area contributed by atoms with Gasteiger partial charge in [-0.2, -0.15) is 5.10 Å². The van der Waals surface area contributed by atoms with E-state index in [1.807, 2.05) is 36.4 Å². The Bertz CT molecular complexity index is 783. The summed E-state index contributed by atoms with van der Waals surface area (Å²) >= 11 is 0. The van der Waals surface area contributed by atoms with Gasteiger partial charge >= 0.3 is 0 Å². The molecule has 4 nitrogen and oxygen atoms in total. The quantitative estimate of drug-likeness (QED) is 0.760. The lowest BCUT2D eigenvalue weighted by Gasteiger charge is -2.13. The molecule has 2 aromatic carbocycles. The molecule has 1 unspecified atom stereocenters. The molecule has 1 heterocycles. The summed E-state index contributed by atoms with van der Waals surface area (Å²) in [5, 5.41) is 7.36. The van der Waals surface area contributed by atoms with E-state index < -0.39 is 0 Å². The molecule has 0 aliphatic heterocycles. The minimum atomic E-state index is -0.268. The Morgan fingerprint density at radius 1 is 1.17 bits per heavy atom. The van der Waals surface area contributed by atoms with Crippen molar-refractivity contribution in [3.8, 4) is 17.0 Å². The number of halogens is 1. The summed E-state index contributed by atoms with van der Waals surface area (Å²) < 4.78 is 18.6. The van der Waals surface area contributed by atoms with Crippen molar-refractivity contribution in [2.75, 3.05) is 13.7 Å². The molecule has 0 aliphatic rings. The van der Waals surface area contributed by atoms with Crippen LogP contribution in [0.2, 0.25) is 0 Å². The van der Waals surface area contributed by atoms with Crippen molar-refractivity contribution in [2.24, 2.45) is 5.73 Å². The molecule has 3 rings (SSSR count). The Kier molecular flexibility index (Phi) is 4.39. The van der Waals surface area contributed by atoms with Gasteiger partial charge in [-0.15, -0.1) is 0 Å². The summed E-state index contributed by atoms with van der Waals surface area (Å²) in [6.07, 6.45) is 0. The van der Waals surface area contributed by atoms with Gasteiger partial charge in [0.1, 0.15) is 11.6 Å². The third-order valence-corrected chi connectivity index (χ3v) is 3.85. The highest BCUT2D eigenvalue weighted by Gasteiger charge is 2.16. The van der Waals surface area contributed by atoms with Crippen LogP contribution in [0.5, 0.6) is 5.75 Å². The van der Waals surface area contributed by atoms with E-state index >= 15 is 0 Å². The van der Waals surface area contributed by atoms with E-state index in [0.29, 0.717) is 6.54 Å². The van der Waals surface area contributed by atoms with Gasteiger partial charge in [0.2, 0.25) is 0 Å². The van der Waals surface area contributed by atoms with Crippen LogP contribution < -0.4 is 10.5 Å². The van der Waals surface area contributed by atoms with E-state index in [0.717, 1.165) is 28.3 Å². The standard InChI is InChI=1S/C18H18FN3O/c1-23-15-7-5-12(6-8-15)17-10-18(22-21-17)16(11-20)13-3-2-4-14(19)9-13/h2-10,16H,11,20H2,1H3,(H,21,22). The monoisotopic (exact) mass is 311 g/mol. The third kappa shape index (κ3) is 3.24. The van der Waals surface area contributed by atoms with Gasteiger partial charge < -0.3 is 10.5 Å². The smallest absolute Gasteiger partial charge is 0.123 e. The number of methoxy groups -OCH3 is 1. The Balaban J connectivity index is 1.90. The first-order chi connectivity index (χ1) is 11.2. The largest absolute Gasteiger partial charge is 0.497 e. The van der Waals surface area contributed by atoms with Gasteiger partial charge in [0.25, 0.3) is 0 Å². The fraction of sp³-hybridized carbons (Fsp3) is 0.167. The molecule has 5 heteroatoms. The number of rotatable bonds is 5. The minimum absolute atomic E-state index is 0.120. The van der Waals surface area contributed by atoms with Gasteiger partial charge in [-0.25, -0.2) is 4.39 Å². The molecule has 118 valence electrons. The molecule has 0 saturated carbocycles. The zero-order valence-corrected chi connectivity index (χ0v) is 12.8. The number of hydrogen-bond acceptors (Lipinski definition) is 3. The zero-order chi connectivity index (χ0) is 16.2. The number of nitrogens with zero attached hydrogens (tertiary/aromatic N) is 1. The van der Waals surface area contributed by atoms with Crippen molar-refractivity contribution in [1.82, 2.24) is 10.2 Å². The fourth-order valence-electron chi connectivity index (χ4n) is 2.59. The zero-order valence-electron chi connectivity index (χ0n) is 12.8. The summed E-state index contributed by atoms with van der Waals surface area (Å²) in [6.45, 7) is 0.369. The number of benzene rings is 2. The van der Waals surface area contributed by atoms with E-state index in [-0.39, 0.29) is 11.7 Å². The number of nitrogens with one attached hydrogen (secondary N) is 1. The van der Waals surface area contributed by atoms with Gasteiger partial charge in [0.15, 0.2) is 0 Å². The molecule has 0 amide bonds. The predicted molar refractivity (Wildman–Crippen MR) is 87.9 cm³/mol. The van der Waals surface area contributed by atoms with Crippen LogP contribution in [0.4, 0.5) is 4.39 Å². The van der Waals surface area contributed by atoms with Crippen molar-refractivity contribution >= 4 is 0 Å². The van der Waals surface area contributed by atoms with Gasteiger partial charge in [0, 0.05) is 23.7 Å². The maximum Gasteiger partial charge on any atom is 0.123 e. The molecule has 0 saturated heterocycles. The second-order valence-electron chi connectivity index (χ2n) is 5.28. The van der Waals surface area contributed by atoms with Crippen LogP contribution in [0, 0.1) is 5.82 Å². The second-order valence-corrected chi connectivity index (χ2v) is 5.28. The first kappa shape index (κ1) is 15.2. The van der Waals surface area contributed by atoms with Crippen LogP contribution in [0.3, 0.4) is 0 Å². The number of H-pyrrole nitrogens is 1. The highest BCUT2D eigenvalue weighted by Crippen LogP contribution is 2.27. The lowest BCUT2D eigenvalue weighted by atomic mass is 9.95. The van der Waals surface area contributed by atoms with Crippen molar-refractivity contribution < 1.29 is 9.13 Å². The Labute approximate surface area is 134 Å². The van der Waals surface area contributed by atoms with Gasteiger partial charge in [-0.3, -0.25) is 5.10 Å². The summed E-state index contributed by atoms with van der Waals surface area (Å²) in [5.74, 6) is 0.408. The lowest BCUT2D eigenvalue weighted by Crippen LogP contribution is -2.14. The normalized spacial score (nSPS) is 12.1. The van der Waals surface area contributed by atoms with Crippen LogP contribution >= 0.6 is 0 Å². The van der Waals surface area contributed by atoms with Gasteiger partial charge in [0.05, 0.1) is 12.8 Å². The Morgan fingerprint density at radius 3 is 2.61 bits per heavy atom. The maximum atomic E-state index is 13.4. The van der Waals surface area contributed by atoms with Crippen LogP contribution in [-0.2, 0) is 0 Å². The summed E-state index contributed by atoms with van der Waals surface area (Å²) in [7, 11) is 1.63. The molecular formula is C18H18FN3O. The second kappa shape index (κ2) is 6.62. The molecule has 0 radical (unpaired) electrons. The maximum absolute atomic E-state index is 13.4. The molecule has 0 fully saturated rings. The molecular weight excluding hydrogens is 293 g/mol. The fourth-order valence-corrected chi connectivity index (χ4v) is 2.59. The third-order valence-electron chi connectivity index (χ3n) is 3.85.